The first-order chi connectivity index (χ1) is 9.86. The molecule has 0 aliphatic carbocycles. The smallest absolute Gasteiger partial charge is 0.264 e. The van der Waals surface area contributed by atoms with E-state index in [0.29, 0.717) is 11.4 Å². The van der Waals surface area contributed by atoms with E-state index in [2.05, 4.69) is 0 Å². The van der Waals surface area contributed by atoms with Crippen LogP contribution in [0, 0.1) is 5.82 Å². The Labute approximate surface area is 122 Å². The Bertz CT molecular complexity index is 763. The fourth-order valence-electron chi connectivity index (χ4n) is 1.77. The Balaban J connectivity index is 2.44. The molecule has 0 unspecified atom stereocenters. The summed E-state index contributed by atoms with van der Waals surface area (Å²) in [6.07, 6.45) is 0. The molecule has 0 aliphatic heterocycles. The number of ether oxygens (including phenoxy) is 1. The number of nitrogens with zero attached hydrogens (tertiary/aromatic N) is 1. The zero-order valence-corrected chi connectivity index (χ0v) is 12.4. The van der Waals surface area contributed by atoms with Crippen LogP contribution < -0.4 is 14.8 Å². The van der Waals surface area contributed by atoms with E-state index in [1.807, 2.05) is 0 Å². The highest BCUT2D eigenvalue weighted by Crippen LogP contribution is 2.26. The second kappa shape index (κ2) is 5.61. The van der Waals surface area contributed by atoms with Crippen molar-refractivity contribution in [3.8, 4) is 5.75 Å². The molecule has 0 aromatic heterocycles. The Morgan fingerprint density at radius 3 is 2.52 bits per heavy atom. The molecule has 0 amide bonds. The first-order valence-corrected chi connectivity index (χ1v) is 7.48. The van der Waals surface area contributed by atoms with Gasteiger partial charge >= 0.3 is 0 Å². The fourth-order valence-corrected chi connectivity index (χ4v) is 2.97. The van der Waals surface area contributed by atoms with Gasteiger partial charge in [-0.1, -0.05) is 6.07 Å². The van der Waals surface area contributed by atoms with Crippen LogP contribution in [0.2, 0.25) is 0 Å². The topological polar surface area (TPSA) is 72.6 Å². The SMILES string of the molecule is COc1cccc(N(C)S(=O)(=O)c2ccc(N)c(F)c2)c1. The van der Waals surface area contributed by atoms with Crippen LogP contribution in [0.1, 0.15) is 0 Å². The Kier molecular flexibility index (Phi) is 4.04. The minimum Gasteiger partial charge on any atom is -0.497 e. The number of hydrogen-bond acceptors (Lipinski definition) is 4. The summed E-state index contributed by atoms with van der Waals surface area (Å²) in [6, 6.07) is 9.96. The van der Waals surface area contributed by atoms with Gasteiger partial charge in [0.25, 0.3) is 10.0 Å². The third kappa shape index (κ3) is 2.92. The van der Waals surface area contributed by atoms with Crippen LogP contribution in [-0.2, 0) is 10.0 Å². The van der Waals surface area contributed by atoms with Gasteiger partial charge in [0.1, 0.15) is 11.6 Å². The largest absolute Gasteiger partial charge is 0.497 e. The lowest BCUT2D eigenvalue weighted by molar-refractivity contribution is 0.415. The second-order valence-corrected chi connectivity index (χ2v) is 6.33. The average molecular weight is 310 g/mol. The standard InChI is InChI=1S/C14H15FN2O3S/c1-17(10-4-3-5-11(8-10)20-2)21(18,19)12-6-7-14(16)13(15)9-12/h3-9H,16H2,1-2H3. The van der Waals surface area contributed by atoms with Gasteiger partial charge in [-0.15, -0.1) is 0 Å². The van der Waals surface area contributed by atoms with Crippen molar-refractivity contribution in [2.45, 2.75) is 4.90 Å². The summed E-state index contributed by atoms with van der Waals surface area (Å²) >= 11 is 0. The Morgan fingerprint density at radius 1 is 1.19 bits per heavy atom. The lowest BCUT2D eigenvalue weighted by Gasteiger charge is -2.20. The second-order valence-electron chi connectivity index (χ2n) is 4.36. The molecule has 112 valence electrons. The number of sulfonamides is 1. The number of halogens is 1. The van der Waals surface area contributed by atoms with Crippen molar-refractivity contribution in [2.24, 2.45) is 0 Å². The van der Waals surface area contributed by atoms with Crippen LogP contribution in [0.3, 0.4) is 0 Å². The molecule has 0 radical (unpaired) electrons. The van der Waals surface area contributed by atoms with Crippen LogP contribution in [0.25, 0.3) is 0 Å². The van der Waals surface area contributed by atoms with Gasteiger partial charge in [0.15, 0.2) is 0 Å². The van der Waals surface area contributed by atoms with E-state index >= 15 is 0 Å². The summed E-state index contributed by atoms with van der Waals surface area (Å²) in [5, 5.41) is 0. The van der Waals surface area contributed by atoms with E-state index in [-0.39, 0.29) is 10.6 Å². The summed E-state index contributed by atoms with van der Waals surface area (Å²) in [5.74, 6) is -0.242. The van der Waals surface area contributed by atoms with E-state index in [1.165, 1.54) is 26.3 Å². The zero-order valence-electron chi connectivity index (χ0n) is 11.6. The molecule has 0 heterocycles. The molecule has 2 rings (SSSR count). The summed E-state index contributed by atoms with van der Waals surface area (Å²) < 4.78 is 44.5. The Hall–Kier alpha value is -2.28. The number of nitrogen functional groups attached to an aromatic ring is 1. The molecular formula is C14H15FN2O3S. The molecule has 2 N–H and O–H groups in total. The van der Waals surface area contributed by atoms with Gasteiger partial charge < -0.3 is 10.5 Å². The maximum absolute atomic E-state index is 13.5. The van der Waals surface area contributed by atoms with Crippen LogP contribution in [0.5, 0.6) is 5.75 Å². The number of nitrogens with two attached hydrogens (primary N) is 1. The van der Waals surface area contributed by atoms with Gasteiger partial charge in [0, 0.05) is 13.1 Å². The number of benzene rings is 2. The maximum Gasteiger partial charge on any atom is 0.264 e. The first kappa shape index (κ1) is 15.1. The third-order valence-corrected chi connectivity index (χ3v) is 4.83. The van der Waals surface area contributed by atoms with Crippen LogP contribution >= 0.6 is 0 Å². The lowest BCUT2D eigenvalue weighted by Crippen LogP contribution is -2.26. The van der Waals surface area contributed by atoms with Gasteiger partial charge in [-0.25, -0.2) is 12.8 Å². The molecule has 0 saturated carbocycles. The van der Waals surface area contributed by atoms with Crippen molar-refractivity contribution in [3.63, 3.8) is 0 Å². The van der Waals surface area contributed by atoms with Gasteiger partial charge in [0.2, 0.25) is 0 Å². The van der Waals surface area contributed by atoms with Crippen LogP contribution in [0.4, 0.5) is 15.8 Å². The third-order valence-electron chi connectivity index (χ3n) is 3.05. The fraction of sp³-hybridized carbons (Fsp3) is 0.143. The minimum absolute atomic E-state index is 0.0991. The minimum atomic E-state index is -3.87. The highest BCUT2D eigenvalue weighted by atomic mass is 32.2. The predicted molar refractivity (Wildman–Crippen MR) is 79.4 cm³/mol. The maximum atomic E-state index is 13.5. The molecule has 0 spiro atoms. The van der Waals surface area contributed by atoms with Gasteiger partial charge in [-0.05, 0) is 30.3 Å². The highest BCUT2D eigenvalue weighted by Gasteiger charge is 2.22. The molecule has 2 aromatic rings. The lowest BCUT2D eigenvalue weighted by atomic mass is 10.3. The van der Waals surface area contributed by atoms with E-state index in [1.54, 1.807) is 24.3 Å². The molecular weight excluding hydrogens is 295 g/mol. The summed E-state index contributed by atoms with van der Waals surface area (Å²) in [7, 11) is -0.998. The van der Waals surface area contributed by atoms with Crippen molar-refractivity contribution in [1.29, 1.82) is 0 Å². The first-order valence-electron chi connectivity index (χ1n) is 6.04. The van der Waals surface area contributed by atoms with Crippen LogP contribution in [-0.4, -0.2) is 22.6 Å². The molecule has 5 nitrogen and oxygen atoms in total. The number of hydrogen-bond donors (Lipinski definition) is 1. The summed E-state index contributed by atoms with van der Waals surface area (Å²) in [6.45, 7) is 0. The summed E-state index contributed by atoms with van der Waals surface area (Å²) in [4.78, 5) is -0.167. The van der Waals surface area contributed by atoms with E-state index in [9.17, 15) is 12.8 Å². The molecule has 0 fully saturated rings. The summed E-state index contributed by atoms with van der Waals surface area (Å²) in [5.41, 5.74) is 5.67. The monoisotopic (exact) mass is 310 g/mol. The molecule has 0 atom stereocenters. The molecule has 21 heavy (non-hydrogen) atoms. The van der Waals surface area contributed by atoms with Crippen molar-refractivity contribution in [2.75, 3.05) is 24.2 Å². The van der Waals surface area contributed by atoms with Crippen molar-refractivity contribution in [3.05, 3.63) is 48.3 Å². The van der Waals surface area contributed by atoms with E-state index < -0.39 is 15.8 Å². The van der Waals surface area contributed by atoms with E-state index in [0.717, 1.165) is 10.4 Å². The van der Waals surface area contributed by atoms with Gasteiger partial charge in [0.05, 0.1) is 23.4 Å². The zero-order chi connectivity index (χ0) is 15.6. The Morgan fingerprint density at radius 2 is 1.90 bits per heavy atom. The number of anilines is 2. The molecule has 2 aromatic carbocycles. The number of methoxy groups -OCH3 is 1. The van der Waals surface area contributed by atoms with Crippen molar-refractivity contribution < 1.29 is 17.5 Å². The molecule has 0 aliphatic rings. The van der Waals surface area contributed by atoms with Crippen molar-refractivity contribution in [1.82, 2.24) is 0 Å². The average Bonchev–Trinajstić information content (AvgIpc) is 2.49. The normalized spacial score (nSPS) is 11.2. The van der Waals surface area contributed by atoms with Gasteiger partial charge in [-0.3, -0.25) is 4.31 Å². The van der Waals surface area contributed by atoms with Gasteiger partial charge in [-0.2, -0.15) is 0 Å². The highest BCUT2D eigenvalue weighted by molar-refractivity contribution is 7.92. The van der Waals surface area contributed by atoms with E-state index in [4.69, 9.17) is 10.5 Å². The van der Waals surface area contributed by atoms with Crippen molar-refractivity contribution >= 4 is 21.4 Å². The van der Waals surface area contributed by atoms with Crippen LogP contribution in [0.15, 0.2) is 47.4 Å². The predicted octanol–water partition coefficient (Wildman–Crippen LogP) is 2.24. The quantitative estimate of drug-likeness (QED) is 0.879. The number of rotatable bonds is 4. The molecule has 7 heteroatoms. The molecule has 0 saturated heterocycles. The molecule has 0 bridgehead atoms.